The van der Waals surface area contributed by atoms with Crippen LogP contribution in [0.25, 0.3) is 0 Å². The molecule has 2 rings (SSSR count). The summed E-state index contributed by atoms with van der Waals surface area (Å²) in [5.74, 6) is -0.387. The molecule has 0 aliphatic heterocycles. The lowest BCUT2D eigenvalue weighted by molar-refractivity contribution is 0.0827. The molecule has 0 spiro atoms. The van der Waals surface area contributed by atoms with Crippen LogP contribution in [0.15, 0.2) is 42.5 Å². The van der Waals surface area contributed by atoms with Gasteiger partial charge in [0.15, 0.2) is 0 Å². The van der Waals surface area contributed by atoms with Crippen molar-refractivity contribution in [1.82, 2.24) is 4.90 Å². The molecule has 21 heavy (non-hydrogen) atoms. The van der Waals surface area contributed by atoms with Crippen LogP contribution >= 0.6 is 11.6 Å². The third-order valence-corrected chi connectivity index (χ3v) is 3.38. The standard InChI is InChI=1S/C16H16ClFN2O/c1-20(2)16(21)11-7-8-13(17)15(9-11)19-10-12-5-3-4-6-14(12)18/h3-9,19H,10H2,1-2H3. The van der Waals surface area contributed by atoms with E-state index in [-0.39, 0.29) is 11.7 Å². The number of hydrogen-bond acceptors (Lipinski definition) is 2. The molecule has 1 amide bonds. The SMILES string of the molecule is CN(C)C(=O)c1ccc(Cl)c(NCc2ccccc2F)c1. The zero-order valence-electron chi connectivity index (χ0n) is 11.9. The van der Waals surface area contributed by atoms with Crippen molar-refractivity contribution in [3.63, 3.8) is 0 Å². The van der Waals surface area contributed by atoms with E-state index in [1.54, 1.807) is 50.5 Å². The van der Waals surface area contributed by atoms with Crippen LogP contribution in [0.2, 0.25) is 5.02 Å². The van der Waals surface area contributed by atoms with Gasteiger partial charge in [0.25, 0.3) is 5.91 Å². The first-order chi connectivity index (χ1) is 9.99. The molecule has 0 aliphatic carbocycles. The van der Waals surface area contributed by atoms with Crippen molar-refractivity contribution in [1.29, 1.82) is 0 Å². The first-order valence-electron chi connectivity index (χ1n) is 6.47. The third-order valence-electron chi connectivity index (χ3n) is 3.05. The third kappa shape index (κ3) is 3.73. The number of nitrogens with zero attached hydrogens (tertiary/aromatic N) is 1. The zero-order valence-corrected chi connectivity index (χ0v) is 12.6. The summed E-state index contributed by atoms with van der Waals surface area (Å²) in [6.45, 7) is 0.298. The number of halogens is 2. The van der Waals surface area contributed by atoms with Gasteiger partial charge in [0, 0.05) is 31.8 Å². The Morgan fingerprint density at radius 1 is 1.24 bits per heavy atom. The largest absolute Gasteiger partial charge is 0.380 e. The van der Waals surface area contributed by atoms with Gasteiger partial charge < -0.3 is 10.2 Å². The van der Waals surface area contributed by atoms with E-state index in [9.17, 15) is 9.18 Å². The number of nitrogens with one attached hydrogen (secondary N) is 1. The molecule has 2 aromatic rings. The monoisotopic (exact) mass is 306 g/mol. The van der Waals surface area contributed by atoms with E-state index in [1.165, 1.54) is 11.0 Å². The Kier molecular flexibility index (Phi) is 4.81. The van der Waals surface area contributed by atoms with Crippen LogP contribution in [0.3, 0.4) is 0 Å². The molecule has 0 bridgehead atoms. The smallest absolute Gasteiger partial charge is 0.253 e. The molecule has 0 aliphatic rings. The lowest BCUT2D eigenvalue weighted by atomic mass is 10.1. The summed E-state index contributed by atoms with van der Waals surface area (Å²) in [6.07, 6.45) is 0. The maximum atomic E-state index is 13.6. The van der Waals surface area contributed by atoms with Gasteiger partial charge in [0.1, 0.15) is 5.82 Å². The number of rotatable bonds is 4. The molecule has 110 valence electrons. The minimum atomic E-state index is -0.276. The first-order valence-corrected chi connectivity index (χ1v) is 6.85. The average molecular weight is 307 g/mol. The number of anilines is 1. The van der Waals surface area contributed by atoms with Gasteiger partial charge in [-0.2, -0.15) is 0 Å². The summed E-state index contributed by atoms with van der Waals surface area (Å²) in [6, 6.07) is 11.5. The maximum absolute atomic E-state index is 13.6. The van der Waals surface area contributed by atoms with Crippen molar-refractivity contribution in [2.45, 2.75) is 6.54 Å². The van der Waals surface area contributed by atoms with E-state index >= 15 is 0 Å². The second-order valence-corrected chi connectivity index (χ2v) is 5.25. The van der Waals surface area contributed by atoms with Crippen LogP contribution in [-0.4, -0.2) is 24.9 Å². The van der Waals surface area contributed by atoms with E-state index in [2.05, 4.69) is 5.32 Å². The van der Waals surface area contributed by atoms with Crippen molar-refractivity contribution in [2.75, 3.05) is 19.4 Å². The van der Waals surface area contributed by atoms with E-state index in [1.807, 2.05) is 0 Å². The van der Waals surface area contributed by atoms with Gasteiger partial charge >= 0.3 is 0 Å². The Labute approximate surface area is 128 Å². The number of benzene rings is 2. The number of carbonyl (C=O) groups is 1. The summed E-state index contributed by atoms with van der Waals surface area (Å²) in [5.41, 5.74) is 1.67. The minimum absolute atomic E-state index is 0.111. The molecular formula is C16H16ClFN2O. The van der Waals surface area contributed by atoms with Crippen LogP contribution in [0, 0.1) is 5.82 Å². The fourth-order valence-electron chi connectivity index (χ4n) is 1.88. The lowest BCUT2D eigenvalue weighted by Crippen LogP contribution is -2.21. The Morgan fingerprint density at radius 2 is 1.95 bits per heavy atom. The molecule has 0 heterocycles. The van der Waals surface area contributed by atoms with Crippen LogP contribution in [0.5, 0.6) is 0 Å². The van der Waals surface area contributed by atoms with Gasteiger partial charge in [-0.15, -0.1) is 0 Å². The second kappa shape index (κ2) is 6.59. The van der Waals surface area contributed by atoms with E-state index in [0.717, 1.165) is 0 Å². The topological polar surface area (TPSA) is 32.3 Å². The summed E-state index contributed by atoms with van der Waals surface area (Å²) < 4.78 is 13.6. The molecule has 0 saturated carbocycles. The number of amides is 1. The zero-order chi connectivity index (χ0) is 15.4. The molecule has 0 aromatic heterocycles. The van der Waals surface area contributed by atoms with Crippen molar-refractivity contribution in [3.05, 3.63) is 64.4 Å². The molecule has 1 N–H and O–H groups in total. The van der Waals surface area contributed by atoms with Crippen LogP contribution in [-0.2, 0) is 6.54 Å². The molecule has 2 aromatic carbocycles. The highest BCUT2D eigenvalue weighted by Gasteiger charge is 2.11. The van der Waals surface area contributed by atoms with Crippen LogP contribution in [0.4, 0.5) is 10.1 Å². The normalized spacial score (nSPS) is 10.3. The molecule has 3 nitrogen and oxygen atoms in total. The highest BCUT2D eigenvalue weighted by atomic mass is 35.5. The van der Waals surface area contributed by atoms with Gasteiger partial charge in [-0.05, 0) is 24.3 Å². The lowest BCUT2D eigenvalue weighted by Gasteiger charge is -2.13. The Morgan fingerprint density at radius 3 is 2.62 bits per heavy atom. The molecule has 0 atom stereocenters. The Hall–Kier alpha value is -2.07. The molecule has 0 radical (unpaired) electrons. The van der Waals surface area contributed by atoms with Gasteiger partial charge in [0.2, 0.25) is 0 Å². The minimum Gasteiger partial charge on any atom is -0.380 e. The van der Waals surface area contributed by atoms with Crippen molar-refractivity contribution < 1.29 is 9.18 Å². The molecule has 0 unspecified atom stereocenters. The predicted octanol–water partition coefficient (Wildman–Crippen LogP) is 3.79. The fraction of sp³-hybridized carbons (Fsp3) is 0.188. The van der Waals surface area contributed by atoms with Crippen molar-refractivity contribution in [2.24, 2.45) is 0 Å². The Balaban J connectivity index is 2.18. The number of carbonyl (C=O) groups excluding carboxylic acids is 1. The summed E-state index contributed by atoms with van der Waals surface area (Å²) in [7, 11) is 3.37. The van der Waals surface area contributed by atoms with Gasteiger partial charge in [-0.25, -0.2) is 4.39 Å². The maximum Gasteiger partial charge on any atom is 0.253 e. The average Bonchev–Trinajstić information content (AvgIpc) is 2.47. The second-order valence-electron chi connectivity index (χ2n) is 4.84. The van der Waals surface area contributed by atoms with Crippen LogP contribution < -0.4 is 5.32 Å². The molecule has 0 saturated heterocycles. The fourth-order valence-corrected chi connectivity index (χ4v) is 2.07. The first kappa shape index (κ1) is 15.3. The summed E-state index contributed by atoms with van der Waals surface area (Å²) >= 11 is 6.11. The summed E-state index contributed by atoms with van der Waals surface area (Å²) in [4.78, 5) is 13.4. The van der Waals surface area contributed by atoms with Crippen molar-refractivity contribution >= 4 is 23.2 Å². The molecular weight excluding hydrogens is 291 g/mol. The van der Waals surface area contributed by atoms with E-state index in [4.69, 9.17) is 11.6 Å². The number of hydrogen-bond donors (Lipinski definition) is 1. The Bertz CT molecular complexity index is 658. The molecule has 5 heteroatoms. The molecule has 0 fully saturated rings. The van der Waals surface area contributed by atoms with Gasteiger partial charge in [-0.1, -0.05) is 29.8 Å². The van der Waals surface area contributed by atoms with E-state index in [0.29, 0.717) is 28.4 Å². The van der Waals surface area contributed by atoms with E-state index < -0.39 is 0 Å². The quantitative estimate of drug-likeness (QED) is 0.932. The predicted molar refractivity (Wildman–Crippen MR) is 83.2 cm³/mol. The van der Waals surface area contributed by atoms with Crippen LogP contribution in [0.1, 0.15) is 15.9 Å². The summed E-state index contributed by atoms with van der Waals surface area (Å²) in [5, 5.41) is 3.55. The highest BCUT2D eigenvalue weighted by molar-refractivity contribution is 6.33. The van der Waals surface area contributed by atoms with Gasteiger partial charge in [-0.3, -0.25) is 4.79 Å². The van der Waals surface area contributed by atoms with Crippen molar-refractivity contribution in [3.8, 4) is 0 Å². The van der Waals surface area contributed by atoms with Gasteiger partial charge in [0.05, 0.1) is 10.7 Å². The highest BCUT2D eigenvalue weighted by Crippen LogP contribution is 2.24.